The van der Waals surface area contributed by atoms with Crippen LogP contribution in [-0.2, 0) is 6.42 Å². The topological polar surface area (TPSA) is 52.8 Å². The van der Waals surface area contributed by atoms with Crippen molar-refractivity contribution in [1.29, 1.82) is 5.26 Å². The summed E-state index contributed by atoms with van der Waals surface area (Å²) in [6.07, 6.45) is 3.65. The van der Waals surface area contributed by atoms with Gasteiger partial charge >= 0.3 is 0 Å². The fourth-order valence-corrected chi connectivity index (χ4v) is 2.33. The second kappa shape index (κ2) is 4.46. The maximum absolute atomic E-state index is 8.90. The van der Waals surface area contributed by atoms with Crippen molar-refractivity contribution in [2.24, 2.45) is 0 Å². The summed E-state index contributed by atoms with van der Waals surface area (Å²) in [7, 11) is 0. The van der Waals surface area contributed by atoms with Gasteiger partial charge in [0.1, 0.15) is 23.9 Å². The Labute approximate surface area is 106 Å². The van der Waals surface area contributed by atoms with Crippen molar-refractivity contribution in [3.63, 3.8) is 0 Å². The Hall–Kier alpha value is -2.41. The molecule has 2 aromatic rings. The quantitative estimate of drug-likeness (QED) is 0.763. The molecule has 0 atom stereocenters. The molecule has 2 heterocycles. The van der Waals surface area contributed by atoms with Crippen LogP contribution in [0.2, 0.25) is 0 Å². The van der Waals surface area contributed by atoms with Crippen molar-refractivity contribution in [2.75, 3.05) is 11.4 Å². The molecule has 0 amide bonds. The van der Waals surface area contributed by atoms with Gasteiger partial charge in [-0.05, 0) is 24.5 Å². The minimum atomic E-state index is 0.406. The Kier molecular flexibility index (Phi) is 2.66. The summed E-state index contributed by atoms with van der Waals surface area (Å²) in [6, 6.07) is 12.1. The minimum absolute atomic E-state index is 0.406. The maximum atomic E-state index is 8.90. The lowest BCUT2D eigenvalue weighted by Crippen LogP contribution is -2.25. The van der Waals surface area contributed by atoms with Crippen molar-refractivity contribution in [1.82, 2.24) is 9.97 Å². The van der Waals surface area contributed by atoms with E-state index in [1.165, 1.54) is 17.6 Å². The molecule has 1 aromatic heterocycles. The van der Waals surface area contributed by atoms with Gasteiger partial charge in [0.05, 0.1) is 0 Å². The van der Waals surface area contributed by atoms with Gasteiger partial charge in [-0.25, -0.2) is 9.97 Å². The van der Waals surface area contributed by atoms with E-state index in [1.54, 1.807) is 6.07 Å². The van der Waals surface area contributed by atoms with Crippen molar-refractivity contribution >= 4 is 11.5 Å². The van der Waals surface area contributed by atoms with Gasteiger partial charge in [-0.3, -0.25) is 0 Å². The van der Waals surface area contributed by atoms with Crippen molar-refractivity contribution in [3.8, 4) is 6.07 Å². The van der Waals surface area contributed by atoms with Gasteiger partial charge in [0.2, 0.25) is 0 Å². The molecule has 0 aliphatic carbocycles. The molecule has 0 saturated heterocycles. The van der Waals surface area contributed by atoms with Crippen LogP contribution in [0.3, 0.4) is 0 Å². The van der Waals surface area contributed by atoms with Gasteiger partial charge in [0.25, 0.3) is 0 Å². The molecule has 1 aromatic carbocycles. The summed E-state index contributed by atoms with van der Waals surface area (Å²) in [5, 5.41) is 8.90. The van der Waals surface area contributed by atoms with Crippen LogP contribution in [0.25, 0.3) is 0 Å². The Morgan fingerprint density at radius 1 is 1.22 bits per heavy atom. The second-order valence-corrected chi connectivity index (χ2v) is 4.26. The van der Waals surface area contributed by atoms with E-state index in [-0.39, 0.29) is 0 Å². The van der Waals surface area contributed by atoms with E-state index >= 15 is 0 Å². The summed E-state index contributed by atoms with van der Waals surface area (Å²) in [5.74, 6) is 0.800. The van der Waals surface area contributed by atoms with Crippen molar-refractivity contribution < 1.29 is 0 Å². The average Bonchev–Trinajstić information content (AvgIpc) is 2.47. The Balaban J connectivity index is 2.06. The number of rotatable bonds is 1. The number of fused-ring (bicyclic) bond motifs is 1. The SMILES string of the molecule is N#Cc1cc(N2CCCc3ccccc32)ncn1. The molecule has 0 N–H and O–H groups in total. The highest BCUT2D eigenvalue weighted by atomic mass is 15.2. The Morgan fingerprint density at radius 2 is 2.11 bits per heavy atom. The number of nitriles is 1. The third kappa shape index (κ3) is 1.80. The lowest BCUT2D eigenvalue weighted by atomic mass is 10.0. The third-order valence-corrected chi connectivity index (χ3v) is 3.15. The molecule has 0 radical (unpaired) electrons. The van der Waals surface area contributed by atoms with Crippen LogP contribution in [0, 0.1) is 11.3 Å². The highest BCUT2D eigenvalue weighted by Crippen LogP contribution is 2.31. The molecule has 1 aliphatic heterocycles. The first-order valence-electron chi connectivity index (χ1n) is 5.96. The molecule has 0 bridgehead atoms. The molecule has 0 unspecified atom stereocenters. The maximum Gasteiger partial charge on any atom is 0.145 e. The largest absolute Gasteiger partial charge is 0.326 e. The zero-order chi connectivity index (χ0) is 12.4. The average molecular weight is 236 g/mol. The predicted octanol–water partition coefficient (Wildman–Crippen LogP) is 2.43. The number of hydrogen-bond acceptors (Lipinski definition) is 4. The summed E-state index contributed by atoms with van der Waals surface area (Å²) >= 11 is 0. The molecule has 4 heteroatoms. The van der Waals surface area contributed by atoms with Gasteiger partial charge in [-0.2, -0.15) is 5.26 Å². The molecule has 4 nitrogen and oxygen atoms in total. The normalized spacial score (nSPS) is 13.8. The van der Waals surface area contributed by atoms with Crippen LogP contribution >= 0.6 is 0 Å². The summed E-state index contributed by atoms with van der Waals surface area (Å²) in [4.78, 5) is 10.3. The van der Waals surface area contributed by atoms with Crippen LogP contribution in [0.15, 0.2) is 36.7 Å². The highest BCUT2D eigenvalue weighted by Gasteiger charge is 2.18. The standard InChI is InChI=1S/C14H12N4/c15-9-12-8-14(17-10-16-12)18-7-3-5-11-4-1-2-6-13(11)18/h1-2,4,6,8,10H,3,5,7H2. The Bertz CT molecular complexity index is 615. The number of nitrogens with zero attached hydrogens (tertiary/aromatic N) is 4. The first kappa shape index (κ1) is 10.7. The fraction of sp³-hybridized carbons (Fsp3) is 0.214. The number of para-hydroxylation sites is 1. The third-order valence-electron chi connectivity index (χ3n) is 3.15. The van der Waals surface area contributed by atoms with Crippen LogP contribution in [0.5, 0.6) is 0 Å². The number of anilines is 2. The molecule has 0 fully saturated rings. The molecule has 0 saturated carbocycles. The molecule has 18 heavy (non-hydrogen) atoms. The van der Waals surface area contributed by atoms with E-state index in [2.05, 4.69) is 39.1 Å². The molecule has 88 valence electrons. The van der Waals surface area contributed by atoms with Crippen LogP contribution in [0.4, 0.5) is 11.5 Å². The van der Waals surface area contributed by atoms with Gasteiger partial charge in [-0.15, -0.1) is 0 Å². The van der Waals surface area contributed by atoms with Crippen molar-refractivity contribution in [2.45, 2.75) is 12.8 Å². The van der Waals surface area contributed by atoms with Crippen LogP contribution in [0.1, 0.15) is 17.7 Å². The first-order chi connectivity index (χ1) is 8.88. The number of aryl methyl sites for hydroxylation is 1. The van der Waals surface area contributed by atoms with Gasteiger partial charge in [-0.1, -0.05) is 18.2 Å². The van der Waals surface area contributed by atoms with E-state index in [1.807, 2.05) is 6.07 Å². The number of benzene rings is 1. The zero-order valence-electron chi connectivity index (χ0n) is 9.87. The lowest BCUT2D eigenvalue weighted by molar-refractivity contribution is 0.758. The smallest absolute Gasteiger partial charge is 0.145 e. The molecule has 3 rings (SSSR count). The minimum Gasteiger partial charge on any atom is -0.326 e. The Morgan fingerprint density at radius 3 is 3.00 bits per heavy atom. The first-order valence-corrected chi connectivity index (χ1v) is 5.96. The van der Waals surface area contributed by atoms with E-state index in [0.717, 1.165) is 25.2 Å². The van der Waals surface area contributed by atoms with Crippen LogP contribution in [-0.4, -0.2) is 16.5 Å². The van der Waals surface area contributed by atoms with Gasteiger partial charge in [0, 0.05) is 18.3 Å². The van der Waals surface area contributed by atoms with Crippen molar-refractivity contribution in [3.05, 3.63) is 47.9 Å². The summed E-state index contributed by atoms with van der Waals surface area (Å²) in [6.45, 7) is 0.929. The monoisotopic (exact) mass is 236 g/mol. The lowest BCUT2D eigenvalue weighted by Gasteiger charge is -2.30. The van der Waals surface area contributed by atoms with Gasteiger partial charge in [0.15, 0.2) is 0 Å². The van der Waals surface area contributed by atoms with E-state index in [0.29, 0.717) is 5.69 Å². The summed E-state index contributed by atoms with van der Waals surface area (Å²) < 4.78 is 0. The molecule has 0 spiro atoms. The molecular formula is C14H12N4. The van der Waals surface area contributed by atoms with Gasteiger partial charge < -0.3 is 4.90 Å². The number of hydrogen-bond donors (Lipinski definition) is 0. The second-order valence-electron chi connectivity index (χ2n) is 4.26. The zero-order valence-corrected chi connectivity index (χ0v) is 9.87. The van der Waals surface area contributed by atoms with E-state index < -0.39 is 0 Å². The summed E-state index contributed by atoms with van der Waals surface area (Å²) in [5.41, 5.74) is 2.93. The molecule has 1 aliphatic rings. The van der Waals surface area contributed by atoms with E-state index in [9.17, 15) is 0 Å². The van der Waals surface area contributed by atoms with E-state index in [4.69, 9.17) is 5.26 Å². The molecular weight excluding hydrogens is 224 g/mol. The highest BCUT2D eigenvalue weighted by molar-refractivity contribution is 5.65. The fourth-order valence-electron chi connectivity index (χ4n) is 2.33. The number of aromatic nitrogens is 2. The predicted molar refractivity (Wildman–Crippen MR) is 68.5 cm³/mol. The van der Waals surface area contributed by atoms with Crippen LogP contribution < -0.4 is 4.90 Å².